The number of ether oxygens (including phenoxy) is 1. The van der Waals surface area contributed by atoms with Crippen molar-refractivity contribution in [3.63, 3.8) is 0 Å². The Hall–Kier alpha value is -1.96. The second kappa shape index (κ2) is 9.49. The van der Waals surface area contributed by atoms with Gasteiger partial charge in [-0.1, -0.05) is 43.2 Å². The molecule has 1 saturated heterocycles. The topological polar surface area (TPSA) is 99.1 Å². The van der Waals surface area contributed by atoms with E-state index in [0.29, 0.717) is 6.54 Å². The predicted octanol–water partition coefficient (Wildman–Crippen LogP) is 0.831. The second-order valence-corrected chi connectivity index (χ2v) is 7.86. The van der Waals surface area contributed by atoms with E-state index in [2.05, 4.69) is 5.32 Å². The number of hydrogen-bond acceptors (Lipinski definition) is 5. The molecule has 3 rings (SSSR count). The first-order chi connectivity index (χ1) is 13.5. The highest BCUT2D eigenvalue weighted by molar-refractivity contribution is 5.79. The standard InChI is InChI=1S/C21H30N2O5/c1-23(13-14-7-3-2-4-8-14)18(24)11-16-19(25)20(26)17(28-16)12-22-21(27)15-9-5-6-10-15/h2-4,7-8,15-17,19-20,25-26H,5-6,9-13H2,1H3,(H,22,27)/t16-,17+,19-,20+/m0/s1. The monoisotopic (exact) mass is 390 g/mol. The number of nitrogens with one attached hydrogen (secondary N) is 1. The van der Waals surface area contributed by atoms with Crippen LogP contribution in [0.1, 0.15) is 37.7 Å². The lowest BCUT2D eigenvalue weighted by atomic mass is 10.0. The molecule has 2 fully saturated rings. The summed E-state index contributed by atoms with van der Waals surface area (Å²) in [5.41, 5.74) is 1.01. The summed E-state index contributed by atoms with van der Waals surface area (Å²) in [7, 11) is 1.70. The largest absolute Gasteiger partial charge is 0.388 e. The van der Waals surface area contributed by atoms with E-state index in [1.165, 1.54) is 0 Å². The predicted molar refractivity (Wildman–Crippen MR) is 103 cm³/mol. The third-order valence-electron chi connectivity index (χ3n) is 5.73. The summed E-state index contributed by atoms with van der Waals surface area (Å²) in [5.74, 6) is -0.159. The molecule has 1 heterocycles. The molecule has 0 bridgehead atoms. The minimum Gasteiger partial charge on any atom is -0.388 e. The van der Waals surface area contributed by atoms with Crippen LogP contribution in [0.4, 0.5) is 0 Å². The molecule has 0 unspecified atom stereocenters. The first kappa shape index (κ1) is 20.8. The van der Waals surface area contributed by atoms with Crippen LogP contribution in [-0.4, -0.2) is 64.9 Å². The molecule has 1 aromatic rings. The zero-order valence-electron chi connectivity index (χ0n) is 16.3. The van der Waals surface area contributed by atoms with Crippen LogP contribution in [-0.2, 0) is 20.9 Å². The maximum atomic E-state index is 12.5. The summed E-state index contributed by atoms with van der Waals surface area (Å²) in [6, 6.07) is 9.63. The highest BCUT2D eigenvalue weighted by atomic mass is 16.5. The van der Waals surface area contributed by atoms with Gasteiger partial charge in [-0.05, 0) is 18.4 Å². The van der Waals surface area contributed by atoms with Gasteiger partial charge in [0.1, 0.15) is 18.3 Å². The average Bonchev–Trinajstić information content (AvgIpc) is 3.32. The van der Waals surface area contributed by atoms with E-state index in [1.807, 2.05) is 30.3 Å². The third kappa shape index (κ3) is 5.10. The molecule has 0 radical (unpaired) electrons. The number of benzene rings is 1. The molecule has 1 aliphatic carbocycles. The highest BCUT2D eigenvalue weighted by Gasteiger charge is 2.43. The molecule has 1 aromatic carbocycles. The van der Waals surface area contributed by atoms with E-state index in [0.717, 1.165) is 31.2 Å². The normalized spacial score (nSPS) is 27.7. The first-order valence-corrected chi connectivity index (χ1v) is 10.0. The summed E-state index contributed by atoms with van der Waals surface area (Å²) in [5, 5.41) is 23.3. The van der Waals surface area contributed by atoms with Crippen LogP contribution in [0.3, 0.4) is 0 Å². The quantitative estimate of drug-likeness (QED) is 0.641. The van der Waals surface area contributed by atoms with Gasteiger partial charge < -0.3 is 25.2 Å². The molecular weight excluding hydrogens is 360 g/mol. The van der Waals surface area contributed by atoms with Crippen LogP contribution in [0.2, 0.25) is 0 Å². The lowest BCUT2D eigenvalue weighted by Gasteiger charge is -2.21. The first-order valence-electron chi connectivity index (χ1n) is 10.0. The summed E-state index contributed by atoms with van der Waals surface area (Å²) in [6.45, 7) is 0.601. The van der Waals surface area contributed by atoms with Crippen molar-refractivity contribution < 1.29 is 24.5 Å². The molecule has 0 spiro atoms. The zero-order chi connectivity index (χ0) is 20.1. The smallest absolute Gasteiger partial charge is 0.225 e. The van der Waals surface area contributed by atoms with Gasteiger partial charge in [-0.2, -0.15) is 0 Å². The summed E-state index contributed by atoms with van der Waals surface area (Å²) in [6.07, 6.45) is 0.144. The Morgan fingerprint density at radius 3 is 2.43 bits per heavy atom. The van der Waals surface area contributed by atoms with E-state index in [9.17, 15) is 19.8 Å². The van der Waals surface area contributed by atoms with Crippen LogP contribution in [0.25, 0.3) is 0 Å². The number of aliphatic hydroxyl groups is 2. The number of carbonyl (C=O) groups is 2. The van der Waals surface area contributed by atoms with E-state index in [-0.39, 0.29) is 30.7 Å². The molecule has 28 heavy (non-hydrogen) atoms. The van der Waals surface area contributed by atoms with Crippen molar-refractivity contribution in [3.05, 3.63) is 35.9 Å². The van der Waals surface area contributed by atoms with Crippen LogP contribution < -0.4 is 5.32 Å². The molecule has 7 heteroatoms. The third-order valence-corrected chi connectivity index (χ3v) is 5.73. The Morgan fingerprint density at radius 1 is 1.11 bits per heavy atom. The van der Waals surface area contributed by atoms with Crippen LogP contribution >= 0.6 is 0 Å². The van der Waals surface area contributed by atoms with Crippen LogP contribution in [0, 0.1) is 5.92 Å². The SMILES string of the molecule is CN(Cc1ccccc1)C(=O)C[C@@H]1O[C@H](CNC(=O)C2CCCC2)[C@@H](O)[C@H]1O. The molecular formula is C21H30N2O5. The van der Waals surface area contributed by atoms with E-state index < -0.39 is 24.4 Å². The van der Waals surface area contributed by atoms with Crippen molar-refractivity contribution >= 4 is 11.8 Å². The number of aliphatic hydroxyl groups excluding tert-OH is 2. The Morgan fingerprint density at radius 2 is 1.75 bits per heavy atom. The van der Waals surface area contributed by atoms with Crippen molar-refractivity contribution in [1.29, 1.82) is 0 Å². The van der Waals surface area contributed by atoms with Crippen molar-refractivity contribution in [2.45, 2.75) is 63.1 Å². The lowest BCUT2D eigenvalue weighted by molar-refractivity contribution is -0.135. The zero-order valence-corrected chi connectivity index (χ0v) is 16.3. The van der Waals surface area contributed by atoms with Gasteiger partial charge in [0.05, 0.1) is 12.5 Å². The fraction of sp³-hybridized carbons (Fsp3) is 0.619. The van der Waals surface area contributed by atoms with Gasteiger partial charge in [-0.3, -0.25) is 9.59 Å². The number of hydrogen-bond donors (Lipinski definition) is 3. The number of amides is 2. The fourth-order valence-corrected chi connectivity index (χ4v) is 3.97. The molecule has 1 saturated carbocycles. The Bertz CT molecular complexity index is 662. The summed E-state index contributed by atoms with van der Waals surface area (Å²) >= 11 is 0. The molecule has 2 amide bonds. The molecule has 0 aromatic heterocycles. The van der Waals surface area contributed by atoms with Gasteiger partial charge in [-0.25, -0.2) is 0 Å². The fourth-order valence-electron chi connectivity index (χ4n) is 3.97. The molecule has 2 aliphatic rings. The summed E-state index contributed by atoms with van der Waals surface area (Å²) < 4.78 is 5.71. The van der Waals surface area contributed by atoms with Crippen molar-refractivity contribution in [2.75, 3.05) is 13.6 Å². The Labute approximate surface area is 165 Å². The van der Waals surface area contributed by atoms with Gasteiger partial charge in [-0.15, -0.1) is 0 Å². The van der Waals surface area contributed by atoms with Gasteiger partial charge >= 0.3 is 0 Å². The van der Waals surface area contributed by atoms with Crippen LogP contribution in [0.5, 0.6) is 0 Å². The maximum Gasteiger partial charge on any atom is 0.225 e. The Kier molecular flexibility index (Phi) is 7.04. The second-order valence-electron chi connectivity index (χ2n) is 7.86. The summed E-state index contributed by atoms with van der Waals surface area (Å²) in [4.78, 5) is 26.2. The number of rotatable bonds is 7. The van der Waals surface area contributed by atoms with E-state index in [4.69, 9.17) is 4.74 Å². The van der Waals surface area contributed by atoms with Crippen molar-refractivity contribution in [3.8, 4) is 0 Å². The molecule has 4 atom stereocenters. The molecule has 7 nitrogen and oxygen atoms in total. The molecule has 3 N–H and O–H groups in total. The number of nitrogens with zero attached hydrogens (tertiary/aromatic N) is 1. The minimum absolute atomic E-state index is 0.0192. The van der Waals surface area contributed by atoms with Crippen molar-refractivity contribution in [2.24, 2.45) is 5.92 Å². The maximum absolute atomic E-state index is 12.5. The van der Waals surface area contributed by atoms with E-state index >= 15 is 0 Å². The van der Waals surface area contributed by atoms with Gasteiger partial charge in [0, 0.05) is 26.1 Å². The van der Waals surface area contributed by atoms with Gasteiger partial charge in [0.25, 0.3) is 0 Å². The molecule has 154 valence electrons. The van der Waals surface area contributed by atoms with E-state index in [1.54, 1.807) is 11.9 Å². The highest BCUT2D eigenvalue weighted by Crippen LogP contribution is 2.26. The van der Waals surface area contributed by atoms with Crippen molar-refractivity contribution in [1.82, 2.24) is 10.2 Å². The van der Waals surface area contributed by atoms with Crippen LogP contribution in [0.15, 0.2) is 30.3 Å². The van der Waals surface area contributed by atoms with Gasteiger partial charge in [0.15, 0.2) is 0 Å². The lowest BCUT2D eigenvalue weighted by Crippen LogP contribution is -2.41. The van der Waals surface area contributed by atoms with Gasteiger partial charge in [0.2, 0.25) is 11.8 Å². The average molecular weight is 390 g/mol. The minimum atomic E-state index is -1.15. The molecule has 1 aliphatic heterocycles. The number of carbonyl (C=O) groups excluding carboxylic acids is 2. The Balaban J connectivity index is 1.47.